The van der Waals surface area contributed by atoms with E-state index in [-0.39, 0.29) is 0 Å². The maximum absolute atomic E-state index is 5.95. The van der Waals surface area contributed by atoms with Crippen LogP contribution in [0, 0.1) is 24.7 Å². The van der Waals surface area contributed by atoms with Gasteiger partial charge in [-0.25, -0.2) is 9.97 Å². The van der Waals surface area contributed by atoms with Crippen LogP contribution >= 0.6 is 11.6 Å². The Morgan fingerprint density at radius 2 is 1.86 bits per heavy atom. The van der Waals surface area contributed by atoms with Gasteiger partial charge in [-0.2, -0.15) is 0 Å². The average molecular weight is 308 g/mol. The molecule has 21 heavy (non-hydrogen) atoms. The Balaban J connectivity index is 2.46. The van der Waals surface area contributed by atoms with Crippen molar-refractivity contribution < 1.29 is 0 Å². The molecule has 0 spiro atoms. The molecule has 0 unspecified atom stereocenters. The van der Waals surface area contributed by atoms with Crippen LogP contribution in [-0.4, -0.2) is 20.4 Å². The van der Waals surface area contributed by atoms with Gasteiger partial charge in [-0.05, 0) is 36.3 Å². The minimum Gasteiger partial charge on any atom is -0.312 e. The average Bonchev–Trinajstić information content (AvgIpc) is 2.72. The number of rotatable bonds is 6. The first-order chi connectivity index (χ1) is 9.93. The highest BCUT2D eigenvalue weighted by Gasteiger charge is 2.21. The third kappa shape index (κ3) is 3.57. The summed E-state index contributed by atoms with van der Waals surface area (Å²) < 4.78 is 2.28. The first-order valence-corrected chi connectivity index (χ1v) is 8.35. The SMILES string of the molecule is Cc1cnc2c(c1)nc(CCCl)n2CC(C(C)C)C(C)C. The summed E-state index contributed by atoms with van der Waals surface area (Å²) in [5.74, 6) is 3.54. The number of pyridine rings is 1. The molecule has 2 rings (SSSR count). The van der Waals surface area contributed by atoms with Crippen LogP contribution in [0.4, 0.5) is 0 Å². The second-order valence-electron chi connectivity index (χ2n) is 6.58. The number of fused-ring (bicyclic) bond motifs is 1. The van der Waals surface area contributed by atoms with Crippen LogP contribution in [0.1, 0.15) is 39.1 Å². The van der Waals surface area contributed by atoms with Crippen LogP contribution in [0.3, 0.4) is 0 Å². The van der Waals surface area contributed by atoms with Gasteiger partial charge < -0.3 is 4.57 Å². The normalized spacial score (nSPS) is 12.2. The molecule has 0 saturated carbocycles. The van der Waals surface area contributed by atoms with E-state index in [9.17, 15) is 0 Å². The quantitative estimate of drug-likeness (QED) is 0.738. The molecule has 0 bridgehead atoms. The molecule has 0 aliphatic rings. The van der Waals surface area contributed by atoms with Crippen molar-refractivity contribution in [2.24, 2.45) is 17.8 Å². The number of hydrogen-bond donors (Lipinski definition) is 0. The highest BCUT2D eigenvalue weighted by Crippen LogP contribution is 2.26. The third-order valence-electron chi connectivity index (χ3n) is 4.22. The molecule has 2 aromatic heterocycles. The monoisotopic (exact) mass is 307 g/mol. The van der Waals surface area contributed by atoms with Crippen LogP contribution in [0.5, 0.6) is 0 Å². The Morgan fingerprint density at radius 1 is 1.19 bits per heavy atom. The van der Waals surface area contributed by atoms with E-state index in [2.05, 4.69) is 50.2 Å². The molecular weight excluding hydrogens is 282 g/mol. The summed E-state index contributed by atoms with van der Waals surface area (Å²) in [5, 5.41) is 0. The van der Waals surface area contributed by atoms with Crippen molar-refractivity contribution in [2.75, 3.05) is 5.88 Å². The van der Waals surface area contributed by atoms with Crippen LogP contribution in [0.15, 0.2) is 12.3 Å². The Kier molecular flexibility index (Phi) is 5.26. The molecule has 0 atom stereocenters. The lowest BCUT2D eigenvalue weighted by Crippen LogP contribution is -2.23. The molecule has 0 amide bonds. The molecule has 0 fully saturated rings. The van der Waals surface area contributed by atoms with E-state index < -0.39 is 0 Å². The number of imidazole rings is 1. The first kappa shape index (κ1) is 16.3. The molecule has 0 N–H and O–H groups in total. The molecule has 3 nitrogen and oxygen atoms in total. The number of aryl methyl sites for hydroxylation is 2. The van der Waals surface area contributed by atoms with Crippen molar-refractivity contribution in [2.45, 2.75) is 47.6 Å². The highest BCUT2D eigenvalue weighted by molar-refractivity contribution is 6.17. The Labute approximate surface area is 132 Å². The molecule has 2 aromatic rings. The maximum atomic E-state index is 5.95. The first-order valence-electron chi connectivity index (χ1n) is 7.81. The summed E-state index contributed by atoms with van der Waals surface area (Å²) in [6.45, 7) is 12.2. The fourth-order valence-electron chi connectivity index (χ4n) is 3.03. The summed E-state index contributed by atoms with van der Waals surface area (Å²) in [4.78, 5) is 9.36. The smallest absolute Gasteiger partial charge is 0.160 e. The number of nitrogens with zero attached hydrogens (tertiary/aromatic N) is 3. The van der Waals surface area contributed by atoms with Gasteiger partial charge in [-0.1, -0.05) is 27.7 Å². The lowest BCUT2D eigenvalue weighted by Gasteiger charge is -2.26. The Hall–Kier alpha value is -1.09. The predicted octanol–water partition coefficient (Wildman–Crippen LogP) is 4.45. The van der Waals surface area contributed by atoms with E-state index in [1.54, 1.807) is 0 Å². The largest absolute Gasteiger partial charge is 0.312 e. The number of alkyl halides is 1. The number of aromatic nitrogens is 3. The Morgan fingerprint density at radius 3 is 2.43 bits per heavy atom. The maximum Gasteiger partial charge on any atom is 0.160 e. The van der Waals surface area contributed by atoms with Gasteiger partial charge >= 0.3 is 0 Å². The van der Waals surface area contributed by atoms with Crippen LogP contribution in [-0.2, 0) is 13.0 Å². The topological polar surface area (TPSA) is 30.7 Å². The summed E-state index contributed by atoms with van der Waals surface area (Å²) >= 11 is 5.95. The minimum atomic E-state index is 0.594. The van der Waals surface area contributed by atoms with Gasteiger partial charge in [0.2, 0.25) is 0 Å². The van der Waals surface area contributed by atoms with E-state index >= 15 is 0 Å². The van der Waals surface area contributed by atoms with Crippen molar-refractivity contribution in [1.29, 1.82) is 0 Å². The van der Waals surface area contributed by atoms with Gasteiger partial charge in [0.1, 0.15) is 11.3 Å². The van der Waals surface area contributed by atoms with Crippen molar-refractivity contribution >= 4 is 22.8 Å². The summed E-state index contributed by atoms with van der Waals surface area (Å²) in [5.41, 5.74) is 3.13. The fraction of sp³-hybridized carbons (Fsp3) is 0.647. The second kappa shape index (κ2) is 6.78. The van der Waals surface area contributed by atoms with Crippen molar-refractivity contribution in [1.82, 2.24) is 14.5 Å². The number of halogens is 1. The zero-order chi connectivity index (χ0) is 15.6. The summed E-state index contributed by atoms with van der Waals surface area (Å²) in [6.07, 6.45) is 2.71. The van der Waals surface area contributed by atoms with E-state index in [0.717, 1.165) is 35.5 Å². The third-order valence-corrected chi connectivity index (χ3v) is 4.41. The fourth-order valence-corrected chi connectivity index (χ4v) is 3.20. The lowest BCUT2D eigenvalue weighted by molar-refractivity contribution is 0.251. The predicted molar refractivity (Wildman–Crippen MR) is 89.9 cm³/mol. The zero-order valence-corrected chi connectivity index (χ0v) is 14.5. The van der Waals surface area contributed by atoms with Gasteiger partial charge in [0.15, 0.2) is 5.65 Å². The molecular formula is C17H26ClN3. The van der Waals surface area contributed by atoms with Gasteiger partial charge in [-0.3, -0.25) is 0 Å². The standard InChI is InChI=1S/C17H26ClN3/c1-11(2)14(12(3)4)10-21-16(6-7-18)20-15-8-13(5)9-19-17(15)21/h8-9,11-12,14H,6-7,10H2,1-5H3. The van der Waals surface area contributed by atoms with Crippen LogP contribution in [0.2, 0.25) is 0 Å². The summed E-state index contributed by atoms with van der Waals surface area (Å²) in [6, 6.07) is 2.11. The molecule has 4 heteroatoms. The van der Waals surface area contributed by atoms with Crippen molar-refractivity contribution in [3.8, 4) is 0 Å². The van der Waals surface area contributed by atoms with Gasteiger partial charge in [0, 0.05) is 25.0 Å². The molecule has 0 aromatic carbocycles. The van der Waals surface area contributed by atoms with E-state index in [1.165, 1.54) is 0 Å². The van der Waals surface area contributed by atoms with Crippen LogP contribution in [0.25, 0.3) is 11.2 Å². The van der Waals surface area contributed by atoms with Gasteiger partial charge in [-0.15, -0.1) is 11.6 Å². The van der Waals surface area contributed by atoms with Crippen LogP contribution < -0.4 is 0 Å². The lowest BCUT2D eigenvalue weighted by atomic mass is 9.85. The zero-order valence-electron chi connectivity index (χ0n) is 13.7. The second-order valence-corrected chi connectivity index (χ2v) is 6.96. The molecule has 0 aliphatic heterocycles. The molecule has 0 saturated heterocycles. The van der Waals surface area contributed by atoms with Gasteiger partial charge in [0.25, 0.3) is 0 Å². The summed E-state index contributed by atoms with van der Waals surface area (Å²) in [7, 11) is 0. The molecule has 2 heterocycles. The van der Waals surface area contributed by atoms with Crippen molar-refractivity contribution in [3.63, 3.8) is 0 Å². The molecule has 0 radical (unpaired) electrons. The van der Waals surface area contributed by atoms with Crippen molar-refractivity contribution in [3.05, 3.63) is 23.7 Å². The minimum absolute atomic E-state index is 0.594. The van der Waals surface area contributed by atoms with E-state index in [0.29, 0.717) is 23.6 Å². The van der Waals surface area contributed by atoms with E-state index in [1.807, 2.05) is 6.20 Å². The molecule has 0 aliphatic carbocycles. The van der Waals surface area contributed by atoms with Gasteiger partial charge in [0.05, 0.1) is 0 Å². The van der Waals surface area contributed by atoms with E-state index in [4.69, 9.17) is 16.6 Å². The number of hydrogen-bond acceptors (Lipinski definition) is 2. The molecule has 116 valence electrons. The Bertz CT molecular complexity index is 593. The highest BCUT2D eigenvalue weighted by atomic mass is 35.5.